The molecule has 0 unspecified atom stereocenters. The van der Waals surface area contributed by atoms with Gasteiger partial charge in [-0.15, -0.1) is 0 Å². The molecule has 6 heteroatoms. The third-order valence-corrected chi connectivity index (χ3v) is 4.08. The van der Waals surface area contributed by atoms with E-state index in [-0.39, 0.29) is 17.3 Å². The van der Waals surface area contributed by atoms with Crippen LogP contribution >= 0.6 is 15.9 Å². The largest absolute Gasteiger partial charge is 0.508 e. The molecule has 1 aliphatic heterocycles. The number of fused-ring (bicyclic) bond motifs is 1. The van der Waals surface area contributed by atoms with Crippen LogP contribution in [0.1, 0.15) is 22.8 Å². The minimum absolute atomic E-state index is 0.0493. The summed E-state index contributed by atoms with van der Waals surface area (Å²) in [5, 5.41) is 9.50. The first-order chi connectivity index (χ1) is 11.5. The molecular weight excluding hydrogens is 376 g/mol. The standard InChI is InChI=1S/C18H15BrO5/c1-3-23-18-13(19)6-10(8-16(18)22-2)7-15-17(21)12-5-4-11(20)9-14(12)24-15/h4-9,20H,3H2,1-2H3. The van der Waals surface area contributed by atoms with Crippen molar-refractivity contribution in [3.05, 3.63) is 51.7 Å². The smallest absolute Gasteiger partial charge is 0.231 e. The predicted molar refractivity (Wildman–Crippen MR) is 92.9 cm³/mol. The Morgan fingerprint density at radius 3 is 2.79 bits per heavy atom. The first kappa shape index (κ1) is 16.4. The molecule has 1 heterocycles. The van der Waals surface area contributed by atoms with Gasteiger partial charge in [0.15, 0.2) is 17.3 Å². The van der Waals surface area contributed by atoms with Crippen LogP contribution in [0.3, 0.4) is 0 Å². The number of halogens is 1. The van der Waals surface area contributed by atoms with E-state index in [1.807, 2.05) is 13.0 Å². The Morgan fingerprint density at radius 2 is 2.08 bits per heavy atom. The second-order valence-corrected chi connectivity index (χ2v) is 5.94. The molecule has 0 aromatic heterocycles. The van der Waals surface area contributed by atoms with Gasteiger partial charge < -0.3 is 19.3 Å². The lowest BCUT2D eigenvalue weighted by atomic mass is 10.1. The zero-order chi connectivity index (χ0) is 17.3. The highest BCUT2D eigenvalue weighted by Gasteiger charge is 2.27. The number of carbonyl (C=O) groups is 1. The van der Waals surface area contributed by atoms with Crippen LogP contribution in [-0.2, 0) is 0 Å². The number of methoxy groups -OCH3 is 1. The van der Waals surface area contributed by atoms with E-state index in [2.05, 4.69) is 15.9 Å². The summed E-state index contributed by atoms with van der Waals surface area (Å²) < 4.78 is 17.2. The number of phenolic OH excluding ortho intramolecular Hbond substituents is 1. The maximum Gasteiger partial charge on any atom is 0.231 e. The highest BCUT2D eigenvalue weighted by molar-refractivity contribution is 9.10. The third-order valence-electron chi connectivity index (χ3n) is 3.49. The van der Waals surface area contributed by atoms with Crippen molar-refractivity contribution in [2.24, 2.45) is 0 Å². The van der Waals surface area contributed by atoms with Gasteiger partial charge in [0.1, 0.15) is 11.5 Å². The number of aromatic hydroxyl groups is 1. The van der Waals surface area contributed by atoms with Crippen molar-refractivity contribution in [3.8, 4) is 23.0 Å². The first-order valence-corrected chi connectivity index (χ1v) is 8.10. The lowest BCUT2D eigenvalue weighted by molar-refractivity contribution is 0.101. The minimum Gasteiger partial charge on any atom is -0.508 e. The molecule has 2 aromatic carbocycles. The van der Waals surface area contributed by atoms with Gasteiger partial charge in [-0.1, -0.05) is 0 Å². The number of benzene rings is 2. The molecule has 0 radical (unpaired) electrons. The summed E-state index contributed by atoms with van der Waals surface area (Å²) in [5.41, 5.74) is 1.15. The average Bonchev–Trinajstić information content (AvgIpc) is 2.85. The maximum absolute atomic E-state index is 12.4. The fourth-order valence-electron chi connectivity index (χ4n) is 2.43. The molecule has 3 rings (SSSR count). The molecule has 0 atom stereocenters. The number of rotatable bonds is 4. The van der Waals surface area contributed by atoms with E-state index in [1.54, 1.807) is 25.3 Å². The van der Waals surface area contributed by atoms with Crippen LogP contribution in [0.4, 0.5) is 0 Å². The molecule has 5 nitrogen and oxygen atoms in total. The highest BCUT2D eigenvalue weighted by Crippen LogP contribution is 2.39. The first-order valence-electron chi connectivity index (χ1n) is 7.31. The lowest BCUT2D eigenvalue weighted by Crippen LogP contribution is -1.99. The van der Waals surface area contributed by atoms with Crippen LogP contribution in [0.25, 0.3) is 6.08 Å². The van der Waals surface area contributed by atoms with Crippen molar-refractivity contribution >= 4 is 27.8 Å². The van der Waals surface area contributed by atoms with E-state index >= 15 is 0 Å². The maximum atomic E-state index is 12.4. The van der Waals surface area contributed by atoms with Gasteiger partial charge in [0, 0.05) is 6.07 Å². The minimum atomic E-state index is -0.228. The summed E-state index contributed by atoms with van der Waals surface area (Å²) in [4.78, 5) is 12.4. The number of carbonyl (C=O) groups excluding carboxylic acids is 1. The van der Waals surface area contributed by atoms with E-state index in [4.69, 9.17) is 14.2 Å². The quantitative estimate of drug-likeness (QED) is 0.793. The fourth-order valence-corrected chi connectivity index (χ4v) is 3.01. The second kappa shape index (κ2) is 6.57. The van der Waals surface area contributed by atoms with Crippen LogP contribution in [0, 0.1) is 0 Å². The van der Waals surface area contributed by atoms with Gasteiger partial charge in [0.05, 0.1) is 23.8 Å². The van der Waals surface area contributed by atoms with Crippen molar-refractivity contribution in [3.63, 3.8) is 0 Å². The molecule has 124 valence electrons. The molecule has 0 saturated heterocycles. The summed E-state index contributed by atoms with van der Waals surface area (Å²) >= 11 is 3.45. The topological polar surface area (TPSA) is 65.0 Å². The number of hydrogen-bond acceptors (Lipinski definition) is 5. The number of Topliss-reactive ketones (excluding diaryl/α,β-unsaturated/α-hetero) is 1. The van der Waals surface area contributed by atoms with Crippen LogP contribution in [-0.4, -0.2) is 24.6 Å². The Kier molecular flexibility index (Phi) is 4.49. The number of ketones is 1. The molecule has 0 bridgehead atoms. The van der Waals surface area contributed by atoms with E-state index in [0.717, 1.165) is 10.0 Å². The normalized spacial score (nSPS) is 14.5. The SMILES string of the molecule is CCOc1c(Br)cc(C=C2Oc3cc(O)ccc3C2=O)cc1OC. The average molecular weight is 391 g/mol. The van der Waals surface area contributed by atoms with Crippen LogP contribution in [0.15, 0.2) is 40.6 Å². The van der Waals surface area contributed by atoms with Crippen LogP contribution in [0.2, 0.25) is 0 Å². The molecule has 0 spiro atoms. The Balaban J connectivity index is 1.98. The molecule has 1 N–H and O–H groups in total. The Morgan fingerprint density at radius 1 is 1.29 bits per heavy atom. The Labute approximate surface area is 147 Å². The van der Waals surface area contributed by atoms with Gasteiger partial charge >= 0.3 is 0 Å². The zero-order valence-electron chi connectivity index (χ0n) is 13.1. The summed E-state index contributed by atoms with van der Waals surface area (Å²) in [7, 11) is 1.55. The van der Waals surface area contributed by atoms with Gasteiger partial charge in [-0.25, -0.2) is 0 Å². The summed E-state index contributed by atoms with van der Waals surface area (Å²) in [5.74, 6) is 1.52. The number of ether oxygens (including phenoxy) is 3. The highest BCUT2D eigenvalue weighted by atomic mass is 79.9. The van der Waals surface area contributed by atoms with Crippen LogP contribution in [0.5, 0.6) is 23.0 Å². The van der Waals surface area contributed by atoms with E-state index in [0.29, 0.717) is 29.4 Å². The van der Waals surface area contributed by atoms with Crippen molar-refractivity contribution in [1.29, 1.82) is 0 Å². The fraction of sp³-hybridized carbons (Fsp3) is 0.167. The molecular formula is C18H15BrO5. The van der Waals surface area contributed by atoms with Crippen molar-refractivity contribution in [2.75, 3.05) is 13.7 Å². The van der Waals surface area contributed by atoms with E-state index in [1.165, 1.54) is 12.1 Å². The van der Waals surface area contributed by atoms with Gasteiger partial charge in [-0.2, -0.15) is 0 Å². The second-order valence-electron chi connectivity index (χ2n) is 5.09. The Hall–Kier alpha value is -2.47. The Bertz CT molecular complexity index is 842. The molecule has 0 saturated carbocycles. The van der Waals surface area contributed by atoms with Gasteiger partial charge in [-0.3, -0.25) is 4.79 Å². The summed E-state index contributed by atoms with van der Waals surface area (Å²) in [6.45, 7) is 2.40. The van der Waals surface area contributed by atoms with Crippen LogP contribution < -0.4 is 14.2 Å². The van der Waals surface area contributed by atoms with Crippen molar-refractivity contribution in [2.45, 2.75) is 6.92 Å². The molecule has 24 heavy (non-hydrogen) atoms. The molecule has 0 aliphatic carbocycles. The van der Waals surface area contributed by atoms with Gasteiger partial charge in [0.25, 0.3) is 0 Å². The molecule has 0 amide bonds. The zero-order valence-corrected chi connectivity index (χ0v) is 14.7. The van der Waals surface area contributed by atoms with E-state index in [9.17, 15) is 9.90 Å². The summed E-state index contributed by atoms with van der Waals surface area (Å²) in [6, 6.07) is 8.00. The lowest BCUT2D eigenvalue weighted by Gasteiger charge is -2.12. The van der Waals surface area contributed by atoms with E-state index < -0.39 is 0 Å². The van der Waals surface area contributed by atoms with Gasteiger partial charge in [-0.05, 0) is 58.8 Å². The monoisotopic (exact) mass is 390 g/mol. The molecule has 0 fully saturated rings. The number of hydrogen-bond donors (Lipinski definition) is 1. The van der Waals surface area contributed by atoms with Gasteiger partial charge in [0.2, 0.25) is 5.78 Å². The number of phenols is 1. The third kappa shape index (κ3) is 2.97. The van der Waals surface area contributed by atoms with Crippen molar-refractivity contribution in [1.82, 2.24) is 0 Å². The van der Waals surface area contributed by atoms with Crippen molar-refractivity contribution < 1.29 is 24.1 Å². The molecule has 1 aliphatic rings. The number of allylic oxidation sites excluding steroid dienone is 1. The summed E-state index contributed by atoms with van der Waals surface area (Å²) in [6.07, 6.45) is 1.63. The molecule has 2 aromatic rings. The predicted octanol–water partition coefficient (Wildman–Crippen LogP) is 4.18.